The molecule has 0 nitrogen and oxygen atoms in total. The predicted molar refractivity (Wildman–Crippen MR) is 138 cm³/mol. The highest BCUT2D eigenvalue weighted by molar-refractivity contribution is 5.23. The van der Waals surface area contributed by atoms with Gasteiger partial charge in [0.2, 0.25) is 0 Å². The maximum atomic E-state index is 5.23. The van der Waals surface area contributed by atoms with Gasteiger partial charge in [-0.15, -0.1) is 0 Å². The van der Waals surface area contributed by atoms with Gasteiger partial charge in [-0.2, -0.15) is 0 Å². The fourth-order valence-electron chi connectivity index (χ4n) is 1.91. The van der Waals surface area contributed by atoms with Crippen LogP contribution in [-0.4, -0.2) is 0 Å². The Morgan fingerprint density at radius 2 is 0.667 bits per heavy atom. The summed E-state index contributed by atoms with van der Waals surface area (Å²) in [6, 6.07) is 0. The third kappa shape index (κ3) is 24.6. The molecule has 30 heavy (non-hydrogen) atoms. The molecule has 1 radical (unpaired) electrons. The Morgan fingerprint density at radius 1 is 0.400 bits per heavy atom. The van der Waals surface area contributed by atoms with Gasteiger partial charge in [-0.3, -0.25) is 0 Å². The molecule has 0 aliphatic rings. The molecule has 155 valence electrons. The van der Waals surface area contributed by atoms with E-state index in [1.165, 1.54) is 18.9 Å². The Balaban J connectivity index is 3.92. The fraction of sp³-hybridized carbons (Fsp3) is 0.133. The van der Waals surface area contributed by atoms with E-state index >= 15 is 0 Å². The van der Waals surface area contributed by atoms with Gasteiger partial charge in [0.25, 0.3) is 0 Å². The molecule has 0 heteroatoms. The van der Waals surface area contributed by atoms with Gasteiger partial charge >= 0.3 is 0 Å². The van der Waals surface area contributed by atoms with Gasteiger partial charge < -0.3 is 0 Å². The first-order valence-electron chi connectivity index (χ1n) is 10.4. The standard InChI is InChI=1S/C30H35/c1-3-5-7-9-11-13-15-17-19-21-23-25-27-29-30-28-26-24-22-20-18-16-14-12-10-8-6-4-2/h1,3,5,7,9-30H,4,6,8H2,2H3/b3-1?,7-5+,11-9+,12-10+,15-13+,16-14+,19-17+,20-18+,23-21+,24-22+,27-25+,28-26+,30-29+. The van der Waals surface area contributed by atoms with Crippen molar-refractivity contribution >= 4 is 0 Å². The van der Waals surface area contributed by atoms with Crippen molar-refractivity contribution in [3.63, 3.8) is 0 Å². The summed E-state index contributed by atoms with van der Waals surface area (Å²) in [7, 11) is 0. The van der Waals surface area contributed by atoms with Crippen molar-refractivity contribution in [2.24, 2.45) is 0 Å². The molecule has 0 spiro atoms. The first kappa shape index (κ1) is 26.6. The van der Waals surface area contributed by atoms with Crippen LogP contribution in [0.1, 0.15) is 26.2 Å². The van der Waals surface area contributed by atoms with Crippen LogP contribution in [0.15, 0.2) is 152 Å². The van der Waals surface area contributed by atoms with Gasteiger partial charge in [0.1, 0.15) is 0 Å². The molecule has 0 heterocycles. The number of hydrogen-bond acceptors (Lipinski definition) is 0. The highest BCUT2D eigenvalue weighted by Gasteiger charge is 1.74. The molecule has 0 amide bonds. The monoisotopic (exact) mass is 395 g/mol. The lowest BCUT2D eigenvalue weighted by Gasteiger charge is -1.84. The van der Waals surface area contributed by atoms with E-state index in [9.17, 15) is 0 Å². The Bertz CT molecular complexity index is 748. The van der Waals surface area contributed by atoms with Crippen molar-refractivity contribution in [1.29, 1.82) is 0 Å². The first-order chi connectivity index (χ1) is 14.9. The smallest absolute Gasteiger partial charge is 0.0348 e. The second-order valence-corrected chi connectivity index (χ2v) is 6.00. The highest BCUT2D eigenvalue weighted by atomic mass is 13.8. The predicted octanol–water partition coefficient (Wildman–Crippen LogP) is 8.84. The molecule has 0 N–H and O–H groups in total. The highest BCUT2D eigenvalue weighted by Crippen LogP contribution is 1.95. The van der Waals surface area contributed by atoms with E-state index in [4.69, 9.17) is 6.58 Å². The van der Waals surface area contributed by atoms with Crippen molar-refractivity contribution in [2.75, 3.05) is 0 Å². The zero-order valence-electron chi connectivity index (χ0n) is 18.1. The van der Waals surface area contributed by atoms with Crippen molar-refractivity contribution in [2.45, 2.75) is 26.2 Å². The van der Waals surface area contributed by atoms with Gasteiger partial charge in [0.15, 0.2) is 0 Å². The molecule has 0 saturated carbocycles. The number of unbranched alkanes of at least 4 members (excludes halogenated alkanes) is 2. The molecule has 0 saturated heterocycles. The van der Waals surface area contributed by atoms with Crippen LogP contribution in [0.4, 0.5) is 0 Å². The Kier molecular flexibility index (Phi) is 22.7. The Morgan fingerprint density at radius 3 is 0.933 bits per heavy atom. The molecule has 0 unspecified atom stereocenters. The molecular weight excluding hydrogens is 360 g/mol. The first-order valence-corrected chi connectivity index (χ1v) is 10.4. The Hall–Kier alpha value is -3.38. The second-order valence-electron chi connectivity index (χ2n) is 6.00. The maximum absolute atomic E-state index is 5.23. The minimum Gasteiger partial charge on any atom is -0.0845 e. The zero-order chi connectivity index (χ0) is 21.8. The molecule has 0 fully saturated rings. The van der Waals surface area contributed by atoms with Crippen molar-refractivity contribution < 1.29 is 0 Å². The lowest BCUT2D eigenvalue weighted by molar-refractivity contribution is 0.815. The molecule has 0 aliphatic heterocycles. The molecule has 0 aromatic heterocycles. The van der Waals surface area contributed by atoms with E-state index in [0.29, 0.717) is 0 Å². The summed E-state index contributed by atoms with van der Waals surface area (Å²) in [6.45, 7) is 7.44. The molecule has 0 rings (SSSR count). The Labute approximate surface area is 184 Å². The summed E-state index contributed by atoms with van der Waals surface area (Å²) >= 11 is 0. The number of allylic oxidation sites excluding steroid dienone is 25. The van der Waals surface area contributed by atoms with Gasteiger partial charge in [0.05, 0.1) is 0 Å². The summed E-state index contributed by atoms with van der Waals surface area (Å²) < 4.78 is 0. The summed E-state index contributed by atoms with van der Waals surface area (Å²) in [6.07, 6.45) is 53.1. The van der Waals surface area contributed by atoms with E-state index in [2.05, 4.69) is 25.2 Å². The normalized spacial score (nSPS) is 14.4. The van der Waals surface area contributed by atoms with Crippen LogP contribution < -0.4 is 0 Å². The zero-order valence-corrected chi connectivity index (χ0v) is 18.1. The van der Waals surface area contributed by atoms with Gasteiger partial charge in [0, 0.05) is 0 Å². The quantitative estimate of drug-likeness (QED) is 0.192. The van der Waals surface area contributed by atoms with Crippen LogP contribution >= 0.6 is 0 Å². The minimum absolute atomic E-state index is 1.16. The third-order valence-corrected chi connectivity index (χ3v) is 3.42. The molecule has 0 bridgehead atoms. The summed E-state index contributed by atoms with van der Waals surface area (Å²) in [5.41, 5.74) is 0. The lowest BCUT2D eigenvalue weighted by Crippen LogP contribution is -1.64. The number of hydrogen-bond donors (Lipinski definition) is 0. The second kappa shape index (κ2) is 25.6. The largest absolute Gasteiger partial charge is 0.0845 e. The molecule has 0 atom stereocenters. The van der Waals surface area contributed by atoms with Crippen LogP contribution in [0.2, 0.25) is 0 Å². The summed E-state index contributed by atoms with van der Waals surface area (Å²) in [4.78, 5) is 0. The van der Waals surface area contributed by atoms with Crippen LogP contribution in [0, 0.1) is 6.58 Å². The SMILES string of the molecule is [CH]=C/C=C/C=C/C=C/C=C/C=C/C=C/C=C/C=C/C=C/C=C/C=C/C=C/CCCC. The lowest BCUT2D eigenvalue weighted by atomic mass is 10.2. The average molecular weight is 396 g/mol. The van der Waals surface area contributed by atoms with Gasteiger partial charge in [-0.05, 0) is 6.42 Å². The molecular formula is C30H35. The molecule has 0 aromatic carbocycles. The van der Waals surface area contributed by atoms with E-state index in [1.807, 2.05) is 122 Å². The van der Waals surface area contributed by atoms with Crippen LogP contribution in [-0.2, 0) is 0 Å². The van der Waals surface area contributed by atoms with E-state index in [0.717, 1.165) is 6.42 Å². The third-order valence-electron chi connectivity index (χ3n) is 3.42. The topological polar surface area (TPSA) is 0 Å². The van der Waals surface area contributed by atoms with Gasteiger partial charge in [-0.1, -0.05) is 178 Å². The van der Waals surface area contributed by atoms with E-state index in [-0.39, 0.29) is 0 Å². The van der Waals surface area contributed by atoms with E-state index < -0.39 is 0 Å². The van der Waals surface area contributed by atoms with Crippen LogP contribution in [0.3, 0.4) is 0 Å². The number of rotatable bonds is 15. The maximum Gasteiger partial charge on any atom is -0.0348 e. The van der Waals surface area contributed by atoms with Crippen molar-refractivity contribution in [1.82, 2.24) is 0 Å². The summed E-state index contributed by atoms with van der Waals surface area (Å²) in [5, 5.41) is 0. The van der Waals surface area contributed by atoms with Crippen molar-refractivity contribution in [3.8, 4) is 0 Å². The average Bonchev–Trinajstić information content (AvgIpc) is 2.76. The van der Waals surface area contributed by atoms with E-state index in [1.54, 1.807) is 6.08 Å². The van der Waals surface area contributed by atoms with Crippen LogP contribution in [0.5, 0.6) is 0 Å². The van der Waals surface area contributed by atoms with Crippen molar-refractivity contribution in [3.05, 3.63) is 158 Å². The van der Waals surface area contributed by atoms with Crippen LogP contribution in [0.25, 0.3) is 0 Å². The summed E-state index contributed by atoms with van der Waals surface area (Å²) in [5.74, 6) is 0. The fourth-order valence-corrected chi connectivity index (χ4v) is 1.91. The molecule has 0 aliphatic carbocycles. The van der Waals surface area contributed by atoms with Gasteiger partial charge in [-0.25, -0.2) is 0 Å². The minimum atomic E-state index is 1.16. The molecule has 0 aromatic rings.